The van der Waals surface area contributed by atoms with Gasteiger partial charge in [-0.3, -0.25) is 0 Å². The molecule has 0 saturated heterocycles. The van der Waals surface area contributed by atoms with Crippen molar-refractivity contribution in [2.24, 2.45) is 0 Å². The minimum absolute atomic E-state index is 0.715. The summed E-state index contributed by atoms with van der Waals surface area (Å²) in [5.74, 6) is 0.729. The van der Waals surface area contributed by atoms with Gasteiger partial charge in [0.25, 0.3) is 0 Å². The summed E-state index contributed by atoms with van der Waals surface area (Å²) < 4.78 is 0. The van der Waals surface area contributed by atoms with Crippen molar-refractivity contribution in [3.8, 4) is 0 Å². The zero-order valence-electron chi connectivity index (χ0n) is 12.7. The second-order valence-corrected chi connectivity index (χ2v) is 6.19. The molecule has 1 aromatic carbocycles. The molecule has 0 heterocycles. The molecule has 0 spiro atoms. The van der Waals surface area contributed by atoms with Crippen molar-refractivity contribution in [1.29, 1.82) is 0 Å². The van der Waals surface area contributed by atoms with Gasteiger partial charge < -0.3 is 10.2 Å². The van der Waals surface area contributed by atoms with Gasteiger partial charge >= 0.3 is 0 Å². The van der Waals surface area contributed by atoms with Gasteiger partial charge in [-0.05, 0) is 69.1 Å². The predicted molar refractivity (Wildman–Crippen MR) is 87.6 cm³/mol. The first-order valence-corrected chi connectivity index (χ1v) is 8.32. The summed E-state index contributed by atoms with van der Waals surface area (Å²) in [5.41, 5.74) is 1.44. The fourth-order valence-electron chi connectivity index (χ4n) is 2.94. The molecule has 1 aromatic rings. The topological polar surface area (TPSA) is 15.3 Å². The standard InChI is InChI=1S/C17H27ClN2/c1-3-20(4-2)11-5-10-19-17-12-15(13-17)14-6-8-16(18)9-7-14/h6-9,15,17,19H,3-5,10-13H2,1-2H3. The molecular formula is C17H27ClN2. The van der Waals surface area contributed by atoms with E-state index in [0.29, 0.717) is 6.04 Å². The molecule has 1 aliphatic carbocycles. The molecule has 0 aliphatic heterocycles. The average Bonchev–Trinajstić information content (AvgIpc) is 2.42. The van der Waals surface area contributed by atoms with E-state index in [2.05, 4.69) is 36.2 Å². The Morgan fingerprint density at radius 2 is 1.80 bits per heavy atom. The third kappa shape index (κ3) is 4.47. The number of nitrogens with one attached hydrogen (secondary N) is 1. The van der Waals surface area contributed by atoms with Crippen molar-refractivity contribution in [2.45, 2.75) is 45.1 Å². The highest BCUT2D eigenvalue weighted by Crippen LogP contribution is 2.37. The van der Waals surface area contributed by atoms with E-state index >= 15 is 0 Å². The Labute approximate surface area is 128 Å². The average molecular weight is 295 g/mol. The predicted octanol–water partition coefficient (Wildman–Crippen LogP) is 3.91. The van der Waals surface area contributed by atoms with Crippen molar-refractivity contribution in [1.82, 2.24) is 10.2 Å². The molecular weight excluding hydrogens is 268 g/mol. The molecule has 112 valence electrons. The molecule has 0 atom stereocenters. The maximum Gasteiger partial charge on any atom is 0.0406 e. The summed E-state index contributed by atoms with van der Waals surface area (Å²) in [6.07, 6.45) is 3.80. The molecule has 0 radical (unpaired) electrons. The van der Waals surface area contributed by atoms with Gasteiger partial charge in [-0.15, -0.1) is 0 Å². The molecule has 0 amide bonds. The lowest BCUT2D eigenvalue weighted by atomic mass is 9.76. The minimum atomic E-state index is 0.715. The quantitative estimate of drug-likeness (QED) is 0.731. The van der Waals surface area contributed by atoms with Crippen molar-refractivity contribution in [2.75, 3.05) is 26.2 Å². The molecule has 1 aliphatic rings. The van der Waals surface area contributed by atoms with Crippen LogP contribution in [0.4, 0.5) is 0 Å². The van der Waals surface area contributed by atoms with Crippen LogP contribution in [-0.4, -0.2) is 37.1 Å². The van der Waals surface area contributed by atoms with Gasteiger partial charge in [0.1, 0.15) is 0 Å². The van der Waals surface area contributed by atoms with E-state index in [1.807, 2.05) is 12.1 Å². The summed E-state index contributed by atoms with van der Waals surface area (Å²) in [4.78, 5) is 2.49. The van der Waals surface area contributed by atoms with Crippen LogP contribution in [-0.2, 0) is 0 Å². The third-order valence-corrected chi connectivity index (χ3v) is 4.71. The zero-order valence-corrected chi connectivity index (χ0v) is 13.5. The Bertz CT molecular complexity index is 380. The van der Waals surface area contributed by atoms with Crippen LogP contribution in [0.2, 0.25) is 5.02 Å². The van der Waals surface area contributed by atoms with E-state index in [1.165, 1.54) is 44.5 Å². The maximum atomic E-state index is 5.92. The Kier molecular flexibility index (Phi) is 6.34. The van der Waals surface area contributed by atoms with Crippen LogP contribution in [0.3, 0.4) is 0 Å². The van der Waals surface area contributed by atoms with E-state index in [-0.39, 0.29) is 0 Å². The van der Waals surface area contributed by atoms with Gasteiger partial charge in [0.15, 0.2) is 0 Å². The highest BCUT2D eigenvalue weighted by Gasteiger charge is 2.29. The highest BCUT2D eigenvalue weighted by molar-refractivity contribution is 6.30. The van der Waals surface area contributed by atoms with Crippen LogP contribution in [0.15, 0.2) is 24.3 Å². The molecule has 3 heteroatoms. The van der Waals surface area contributed by atoms with Gasteiger partial charge in [0.2, 0.25) is 0 Å². The van der Waals surface area contributed by atoms with Crippen LogP contribution >= 0.6 is 11.6 Å². The van der Waals surface area contributed by atoms with Gasteiger partial charge in [0, 0.05) is 11.1 Å². The fourth-order valence-corrected chi connectivity index (χ4v) is 3.07. The Morgan fingerprint density at radius 3 is 2.40 bits per heavy atom. The van der Waals surface area contributed by atoms with E-state index < -0.39 is 0 Å². The molecule has 2 nitrogen and oxygen atoms in total. The summed E-state index contributed by atoms with van der Waals surface area (Å²) in [5, 5.41) is 4.51. The first-order valence-electron chi connectivity index (χ1n) is 7.94. The Morgan fingerprint density at radius 1 is 1.15 bits per heavy atom. The van der Waals surface area contributed by atoms with Gasteiger partial charge in [0.05, 0.1) is 0 Å². The highest BCUT2D eigenvalue weighted by atomic mass is 35.5. The van der Waals surface area contributed by atoms with Crippen molar-refractivity contribution in [3.63, 3.8) is 0 Å². The van der Waals surface area contributed by atoms with Crippen LogP contribution in [0.5, 0.6) is 0 Å². The van der Waals surface area contributed by atoms with E-state index in [0.717, 1.165) is 17.5 Å². The number of rotatable bonds is 8. The molecule has 1 fully saturated rings. The normalized spacial score (nSPS) is 22.0. The van der Waals surface area contributed by atoms with Crippen LogP contribution in [0.1, 0.15) is 44.6 Å². The lowest BCUT2D eigenvalue weighted by molar-refractivity contribution is 0.268. The van der Waals surface area contributed by atoms with Crippen LogP contribution in [0, 0.1) is 0 Å². The fraction of sp³-hybridized carbons (Fsp3) is 0.647. The van der Waals surface area contributed by atoms with Crippen molar-refractivity contribution in [3.05, 3.63) is 34.9 Å². The number of hydrogen-bond acceptors (Lipinski definition) is 2. The Hall–Kier alpha value is -0.570. The number of nitrogens with zero attached hydrogens (tertiary/aromatic N) is 1. The second kappa shape index (κ2) is 8.02. The number of halogens is 1. The second-order valence-electron chi connectivity index (χ2n) is 5.75. The zero-order chi connectivity index (χ0) is 14.4. The van der Waals surface area contributed by atoms with E-state index in [1.54, 1.807) is 0 Å². The van der Waals surface area contributed by atoms with Gasteiger partial charge in [-0.25, -0.2) is 0 Å². The molecule has 1 saturated carbocycles. The first-order chi connectivity index (χ1) is 9.72. The molecule has 0 unspecified atom stereocenters. The van der Waals surface area contributed by atoms with Crippen LogP contribution < -0.4 is 5.32 Å². The van der Waals surface area contributed by atoms with Crippen LogP contribution in [0.25, 0.3) is 0 Å². The number of benzene rings is 1. The first kappa shape index (κ1) is 15.8. The maximum absolute atomic E-state index is 5.92. The number of hydrogen-bond donors (Lipinski definition) is 1. The summed E-state index contributed by atoms with van der Waals surface area (Å²) in [7, 11) is 0. The Balaban J connectivity index is 1.59. The monoisotopic (exact) mass is 294 g/mol. The molecule has 1 N–H and O–H groups in total. The van der Waals surface area contributed by atoms with Crippen molar-refractivity contribution >= 4 is 11.6 Å². The smallest absolute Gasteiger partial charge is 0.0406 e. The molecule has 2 rings (SSSR count). The summed E-state index contributed by atoms with van der Waals surface area (Å²) in [6.45, 7) is 9.16. The molecule has 0 aromatic heterocycles. The molecule has 0 bridgehead atoms. The lowest BCUT2D eigenvalue weighted by Crippen LogP contribution is -2.41. The third-order valence-electron chi connectivity index (χ3n) is 4.46. The lowest BCUT2D eigenvalue weighted by Gasteiger charge is -2.36. The largest absolute Gasteiger partial charge is 0.314 e. The summed E-state index contributed by atoms with van der Waals surface area (Å²) >= 11 is 5.92. The summed E-state index contributed by atoms with van der Waals surface area (Å²) in [6, 6.07) is 9.06. The minimum Gasteiger partial charge on any atom is -0.314 e. The van der Waals surface area contributed by atoms with Crippen molar-refractivity contribution < 1.29 is 0 Å². The SMILES string of the molecule is CCN(CC)CCCNC1CC(c2ccc(Cl)cc2)C1. The van der Waals surface area contributed by atoms with E-state index in [9.17, 15) is 0 Å². The van der Waals surface area contributed by atoms with Gasteiger partial charge in [-0.1, -0.05) is 37.6 Å². The molecule has 20 heavy (non-hydrogen) atoms. The van der Waals surface area contributed by atoms with Gasteiger partial charge in [-0.2, -0.15) is 0 Å². The van der Waals surface area contributed by atoms with E-state index in [4.69, 9.17) is 11.6 Å².